The maximum absolute atomic E-state index is 11.8. The van der Waals surface area contributed by atoms with Gasteiger partial charge in [-0.3, -0.25) is 0 Å². The van der Waals surface area contributed by atoms with E-state index in [4.69, 9.17) is 17.3 Å². The van der Waals surface area contributed by atoms with Gasteiger partial charge < -0.3 is 10.7 Å². The lowest BCUT2D eigenvalue weighted by Crippen LogP contribution is -1.97. The molecule has 0 saturated heterocycles. The van der Waals surface area contributed by atoms with Crippen LogP contribution in [0.4, 0.5) is 5.69 Å². The Balaban J connectivity index is 2.30. The number of nitrogens with one attached hydrogen (secondary N) is 1. The molecule has 0 amide bonds. The predicted octanol–water partition coefficient (Wildman–Crippen LogP) is 2.87. The van der Waals surface area contributed by atoms with Crippen molar-refractivity contribution in [2.24, 2.45) is 0 Å². The largest absolute Gasteiger partial charge is 0.398 e. The molecule has 0 aliphatic carbocycles. The number of H-pyrrole nitrogens is 1. The van der Waals surface area contributed by atoms with E-state index in [1.807, 2.05) is 0 Å². The van der Waals surface area contributed by atoms with Gasteiger partial charge in [0.25, 0.3) is 0 Å². The normalized spacial score (nSPS) is 11.9. The molecule has 7 heteroatoms. The second kappa shape index (κ2) is 4.75. The highest BCUT2D eigenvalue weighted by Gasteiger charge is 2.16. The minimum Gasteiger partial charge on any atom is -0.398 e. The van der Waals surface area contributed by atoms with Crippen LogP contribution in [0, 0.1) is 0 Å². The van der Waals surface area contributed by atoms with Crippen LogP contribution in [0.15, 0.2) is 41.3 Å². The number of nitrogens with zero attached hydrogens (tertiary/aromatic N) is 1. The number of sulfone groups is 1. The fourth-order valence-corrected chi connectivity index (χ4v) is 3.17. The number of para-hydroxylation sites is 1. The maximum Gasteiger partial charge on any atom is 0.177 e. The van der Waals surface area contributed by atoms with E-state index in [2.05, 4.69) is 9.97 Å². The smallest absolute Gasteiger partial charge is 0.177 e. The van der Waals surface area contributed by atoms with E-state index in [0.717, 1.165) is 6.26 Å². The zero-order valence-corrected chi connectivity index (χ0v) is 12.7. The van der Waals surface area contributed by atoms with Gasteiger partial charge in [-0.25, -0.2) is 13.4 Å². The van der Waals surface area contributed by atoms with E-state index in [-0.39, 0.29) is 4.90 Å². The van der Waals surface area contributed by atoms with Crippen molar-refractivity contribution in [3.63, 3.8) is 0 Å². The van der Waals surface area contributed by atoms with Crippen molar-refractivity contribution in [3.05, 3.63) is 41.4 Å². The summed E-state index contributed by atoms with van der Waals surface area (Å²) in [5.74, 6) is 0.487. The molecule has 0 unspecified atom stereocenters. The summed E-state index contributed by atoms with van der Waals surface area (Å²) in [5, 5.41) is 0.531. The quantitative estimate of drug-likeness (QED) is 0.710. The van der Waals surface area contributed by atoms with Crippen molar-refractivity contribution in [2.45, 2.75) is 4.90 Å². The summed E-state index contributed by atoms with van der Waals surface area (Å²) in [6, 6.07) is 10.0. The van der Waals surface area contributed by atoms with Gasteiger partial charge >= 0.3 is 0 Å². The minimum absolute atomic E-state index is 0.183. The van der Waals surface area contributed by atoms with Crippen molar-refractivity contribution in [2.75, 3.05) is 12.0 Å². The molecule has 21 heavy (non-hydrogen) atoms. The standard InChI is InChI=1S/C14H12ClN3O2S/c1-21(19,20)12-4-2-3-11-13(12)18-14(17-11)9-7-8(15)5-6-10(9)16/h2-7H,16H2,1H3,(H,17,18). The van der Waals surface area contributed by atoms with Crippen molar-refractivity contribution in [1.29, 1.82) is 0 Å². The van der Waals surface area contributed by atoms with Gasteiger partial charge in [0.05, 0.1) is 10.4 Å². The van der Waals surface area contributed by atoms with Gasteiger partial charge in [0.1, 0.15) is 11.3 Å². The Hall–Kier alpha value is -2.05. The zero-order valence-electron chi connectivity index (χ0n) is 11.1. The van der Waals surface area contributed by atoms with Gasteiger partial charge in [0, 0.05) is 22.5 Å². The Morgan fingerprint density at radius 2 is 2.00 bits per heavy atom. The van der Waals surface area contributed by atoms with Crippen LogP contribution in [0.25, 0.3) is 22.4 Å². The number of hydrogen-bond donors (Lipinski definition) is 2. The van der Waals surface area contributed by atoms with Crippen molar-refractivity contribution < 1.29 is 8.42 Å². The molecule has 3 rings (SSSR count). The number of halogens is 1. The molecule has 0 radical (unpaired) electrons. The molecule has 0 aliphatic heterocycles. The number of hydrogen-bond acceptors (Lipinski definition) is 4. The molecule has 108 valence electrons. The number of imidazole rings is 1. The molecule has 0 fully saturated rings. The Morgan fingerprint density at radius 1 is 1.24 bits per heavy atom. The predicted molar refractivity (Wildman–Crippen MR) is 84.1 cm³/mol. The van der Waals surface area contributed by atoms with Gasteiger partial charge in [-0.05, 0) is 30.3 Å². The van der Waals surface area contributed by atoms with Crippen LogP contribution in [0.1, 0.15) is 0 Å². The third kappa shape index (κ3) is 2.48. The van der Waals surface area contributed by atoms with Crippen LogP contribution in [-0.4, -0.2) is 24.6 Å². The molecule has 0 saturated carbocycles. The van der Waals surface area contributed by atoms with Gasteiger partial charge in [-0.15, -0.1) is 0 Å². The highest BCUT2D eigenvalue weighted by molar-refractivity contribution is 7.91. The first-order chi connectivity index (χ1) is 9.86. The summed E-state index contributed by atoms with van der Waals surface area (Å²) in [5.41, 5.74) is 8.11. The second-order valence-electron chi connectivity index (χ2n) is 4.74. The van der Waals surface area contributed by atoms with Crippen LogP contribution in [0.3, 0.4) is 0 Å². The molecule has 3 N–H and O–H groups in total. The number of aromatic amines is 1. The molecule has 2 aromatic carbocycles. The fraction of sp³-hybridized carbons (Fsp3) is 0.0714. The summed E-state index contributed by atoms with van der Waals surface area (Å²) in [6.07, 6.45) is 1.16. The maximum atomic E-state index is 11.8. The lowest BCUT2D eigenvalue weighted by molar-refractivity contribution is 0.602. The zero-order chi connectivity index (χ0) is 15.2. The van der Waals surface area contributed by atoms with Crippen molar-refractivity contribution in [3.8, 4) is 11.4 Å². The van der Waals surface area contributed by atoms with Crippen LogP contribution >= 0.6 is 11.6 Å². The lowest BCUT2D eigenvalue weighted by atomic mass is 10.2. The van der Waals surface area contributed by atoms with E-state index in [0.29, 0.717) is 33.1 Å². The average Bonchev–Trinajstić information content (AvgIpc) is 2.83. The first kappa shape index (κ1) is 13.9. The fourth-order valence-electron chi connectivity index (χ4n) is 2.17. The molecular formula is C14H12ClN3O2S. The third-order valence-corrected chi connectivity index (χ3v) is 4.51. The van der Waals surface area contributed by atoms with Gasteiger partial charge in [-0.2, -0.15) is 0 Å². The minimum atomic E-state index is -3.36. The summed E-state index contributed by atoms with van der Waals surface area (Å²) >= 11 is 5.98. The Bertz CT molecular complexity index is 948. The van der Waals surface area contributed by atoms with Crippen LogP contribution in [-0.2, 0) is 9.84 Å². The van der Waals surface area contributed by atoms with Crippen LogP contribution < -0.4 is 5.73 Å². The first-order valence-electron chi connectivity index (χ1n) is 6.10. The third-order valence-electron chi connectivity index (χ3n) is 3.15. The Kier molecular flexibility index (Phi) is 3.15. The van der Waals surface area contributed by atoms with Gasteiger partial charge in [-0.1, -0.05) is 17.7 Å². The molecule has 1 aromatic heterocycles. The number of anilines is 1. The summed E-state index contributed by atoms with van der Waals surface area (Å²) in [4.78, 5) is 7.64. The summed E-state index contributed by atoms with van der Waals surface area (Å²) in [7, 11) is -3.36. The summed E-state index contributed by atoms with van der Waals surface area (Å²) < 4.78 is 23.6. The number of rotatable bonds is 2. The monoisotopic (exact) mass is 321 g/mol. The molecular weight excluding hydrogens is 310 g/mol. The van der Waals surface area contributed by atoms with E-state index in [1.54, 1.807) is 30.3 Å². The second-order valence-corrected chi connectivity index (χ2v) is 7.16. The molecule has 0 spiro atoms. The van der Waals surface area contributed by atoms with E-state index in [9.17, 15) is 8.42 Å². The molecule has 0 bridgehead atoms. The molecule has 5 nitrogen and oxygen atoms in total. The van der Waals surface area contributed by atoms with E-state index in [1.165, 1.54) is 6.07 Å². The first-order valence-corrected chi connectivity index (χ1v) is 8.37. The molecule has 3 aromatic rings. The average molecular weight is 322 g/mol. The lowest BCUT2D eigenvalue weighted by Gasteiger charge is -2.02. The number of nitrogen functional groups attached to an aromatic ring is 1. The highest BCUT2D eigenvalue weighted by atomic mass is 35.5. The van der Waals surface area contributed by atoms with Crippen molar-refractivity contribution in [1.82, 2.24) is 9.97 Å². The highest BCUT2D eigenvalue weighted by Crippen LogP contribution is 2.30. The van der Waals surface area contributed by atoms with Crippen LogP contribution in [0.2, 0.25) is 5.02 Å². The number of nitrogens with two attached hydrogens (primary N) is 1. The topological polar surface area (TPSA) is 88.8 Å². The van der Waals surface area contributed by atoms with E-state index < -0.39 is 9.84 Å². The Labute approximate surface area is 126 Å². The number of fused-ring (bicyclic) bond motifs is 1. The number of benzene rings is 2. The SMILES string of the molecule is CS(=O)(=O)c1cccc2[nH]c(-c3cc(Cl)ccc3N)nc12. The molecule has 0 aliphatic rings. The van der Waals surface area contributed by atoms with Crippen LogP contribution in [0.5, 0.6) is 0 Å². The van der Waals surface area contributed by atoms with Crippen molar-refractivity contribution >= 4 is 38.2 Å². The number of aromatic nitrogens is 2. The summed E-state index contributed by atoms with van der Waals surface area (Å²) in [6.45, 7) is 0. The Morgan fingerprint density at radius 3 is 2.71 bits per heavy atom. The van der Waals surface area contributed by atoms with Gasteiger partial charge in [0.2, 0.25) is 0 Å². The molecule has 0 atom stereocenters. The van der Waals surface area contributed by atoms with Gasteiger partial charge in [0.15, 0.2) is 9.84 Å². The molecule has 1 heterocycles. The van der Waals surface area contributed by atoms with E-state index >= 15 is 0 Å².